The summed E-state index contributed by atoms with van der Waals surface area (Å²) in [5.41, 5.74) is 7.67. The van der Waals surface area contributed by atoms with Gasteiger partial charge in [0.1, 0.15) is 0 Å². The van der Waals surface area contributed by atoms with E-state index < -0.39 is 12.2 Å². The molecule has 0 aromatic heterocycles. The lowest BCUT2D eigenvalue weighted by atomic mass is 9.98. The van der Waals surface area contributed by atoms with Crippen molar-refractivity contribution in [3.8, 4) is 11.1 Å². The van der Waals surface area contributed by atoms with Crippen LogP contribution in [-0.4, -0.2) is 52.8 Å². The van der Waals surface area contributed by atoms with Gasteiger partial charge in [0.05, 0.1) is 18.8 Å². The Morgan fingerprint density at radius 3 is 2.22 bits per heavy atom. The van der Waals surface area contributed by atoms with Crippen molar-refractivity contribution in [3.63, 3.8) is 0 Å². The van der Waals surface area contributed by atoms with Crippen molar-refractivity contribution in [1.82, 2.24) is 15.7 Å². The molecule has 2 amide bonds. The number of ether oxygens (including phenoxy) is 2. The smallest absolute Gasteiger partial charge is 0.243 e. The summed E-state index contributed by atoms with van der Waals surface area (Å²) >= 11 is 0. The first-order valence-electron chi connectivity index (χ1n) is 16.1. The van der Waals surface area contributed by atoms with Crippen LogP contribution in [0.2, 0.25) is 0 Å². The molecule has 2 aliphatic rings. The Bertz CT molecular complexity index is 1370. The average molecular weight is 616 g/mol. The highest BCUT2D eigenvalue weighted by atomic mass is 16.7. The number of nitrogens with one attached hydrogen (secondary N) is 2. The minimum atomic E-state index is -0.482. The molecule has 5 rings (SSSR count). The highest BCUT2D eigenvalue weighted by molar-refractivity contribution is 5.76. The Morgan fingerprint density at radius 2 is 1.51 bits per heavy atom. The van der Waals surface area contributed by atoms with Crippen molar-refractivity contribution in [2.45, 2.75) is 83.0 Å². The van der Waals surface area contributed by atoms with E-state index in [1.165, 1.54) is 19.3 Å². The number of carbonyl (C=O) groups is 2. The van der Waals surface area contributed by atoms with E-state index in [0.717, 1.165) is 59.4 Å². The fourth-order valence-corrected chi connectivity index (χ4v) is 6.07. The van der Waals surface area contributed by atoms with Crippen LogP contribution in [0.15, 0.2) is 72.8 Å². The minimum absolute atomic E-state index is 0.0219. The summed E-state index contributed by atoms with van der Waals surface area (Å²) in [6, 6.07) is 24.4. The van der Waals surface area contributed by atoms with Gasteiger partial charge >= 0.3 is 0 Å². The van der Waals surface area contributed by atoms with Crippen molar-refractivity contribution in [2.75, 3.05) is 19.6 Å². The molecule has 0 bridgehead atoms. The van der Waals surface area contributed by atoms with Crippen LogP contribution in [0.5, 0.6) is 0 Å². The molecule has 0 saturated carbocycles. The van der Waals surface area contributed by atoms with Gasteiger partial charge in [-0.05, 0) is 72.7 Å². The first kappa shape index (κ1) is 32.8. The number of hydrogen-bond donors (Lipinski definition) is 4. The number of aliphatic hydroxyl groups is 1. The number of nitrogens with zero attached hydrogens (tertiary/aromatic N) is 1. The van der Waals surface area contributed by atoms with Gasteiger partial charge in [-0.1, -0.05) is 73.2 Å². The molecule has 45 heavy (non-hydrogen) atoms. The van der Waals surface area contributed by atoms with Gasteiger partial charge in [0.15, 0.2) is 6.29 Å². The topological polar surface area (TPSA) is 120 Å². The van der Waals surface area contributed by atoms with Crippen LogP contribution < -0.4 is 10.8 Å². The molecule has 0 radical (unpaired) electrons. The van der Waals surface area contributed by atoms with Gasteiger partial charge in [-0.2, -0.15) is 0 Å². The Hall–Kier alpha value is -3.60. The minimum Gasteiger partial charge on any atom is -0.392 e. The van der Waals surface area contributed by atoms with Gasteiger partial charge in [0.2, 0.25) is 11.8 Å². The van der Waals surface area contributed by atoms with E-state index in [9.17, 15) is 14.7 Å². The van der Waals surface area contributed by atoms with Crippen molar-refractivity contribution < 1.29 is 29.4 Å². The number of rotatable bonds is 13. The second kappa shape index (κ2) is 16.6. The van der Waals surface area contributed by atoms with E-state index in [1.54, 1.807) is 5.48 Å². The lowest BCUT2D eigenvalue weighted by molar-refractivity contribution is -0.253. The van der Waals surface area contributed by atoms with Gasteiger partial charge in [0, 0.05) is 37.9 Å². The van der Waals surface area contributed by atoms with E-state index >= 15 is 0 Å². The van der Waals surface area contributed by atoms with Crippen LogP contribution >= 0.6 is 0 Å². The Kier molecular flexibility index (Phi) is 12.1. The average Bonchev–Trinajstić information content (AvgIpc) is 3.09. The predicted octanol–water partition coefficient (Wildman–Crippen LogP) is 5.56. The van der Waals surface area contributed by atoms with Crippen molar-refractivity contribution in [2.24, 2.45) is 0 Å². The van der Waals surface area contributed by atoms with E-state index in [1.807, 2.05) is 36.4 Å². The molecule has 3 aromatic rings. The summed E-state index contributed by atoms with van der Waals surface area (Å²) < 4.78 is 13.1. The second-order valence-electron chi connectivity index (χ2n) is 12.1. The van der Waals surface area contributed by atoms with Gasteiger partial charge in [-0.3, -0.25) is 14.8 Å². The number of amides is 2. The number of hydrogen-bond acceptors (Lipinski definition) is 7. The molecule has 4 N–H and O–H groups in total. The number of unbranched alkanes of at least 4 members (excludes halogenated alkanes) is 1. The summed E-state index contributed by atoms with van der Waals surface area (Å²) in [6.45, 7) is 3.57. The Balaban J connectivity index is 1.21. The van der Waals surface area contributed by atoms with Crippen LogP contribution in [0.1, 0.15) is 86.0 Å². The number of piperidine rings is 1. The number of hydroxylamine groups is 1. The van der Waals surface area contributed by atoms with E-state index in [-0.39, 0.29) is 31.1 Å². The maximum atomic E-state index is 12.3. The van der Waals surface area contributed by atoms with E-state index in [2.05, 4.69) is 46.6 Å². The number of likely N-dealkylation sites (tertiary alicyclic amines) is 1. The summed E-state index contributed by atoms with van der Waals surface area (Å²) in [7, 11) is 0. The fraction of sp³-hybridized carbons (Fsp3) is 0.444. The molecule has 0 spiro atoms. The zero-order chi connectivity index (χ0) is 31.4. The third kappa shape index (κ3) is 9.69. The van der Waals surface area contributed by atoms with Crippen LogP contribution in [-0.2, 0) is 32.2 Å². The van der Waals surface area contributed by atoms with Crippen molar-refractivity contribution in [1.29, 1.82) is 0 Å². The number of carbonyl (C=O) groups excluding carboxylic acids is 2. The molecule has 3 atom stereocenters. The summed E-state index contributed by atoms with van der Waals surface area (Å²) in [5, 5.41) is 21.0. The molecular weight excluding hydrogens is 570 g/mol. The lowest BCUT2D eigenvalue weighted by Gasteiger charge is -2.39. The Morgan fingerprint density at radius 1 is 0.800 bits per heavy atom. The normalized spacial score (nSPS) is 20.4. The quantitative estimate of drug-likeness (QED) is 0.113. The van der Waals surface area contributed by atoms with Gasteiger partial charge in [-0.15, -0.1) is 0 Å². The highest BCUT2D eigenvalue weighted by Crippen LogP contribution is 2.39. The SMILES string of the molecule is O=C(CCCCC(=O)NCc1cccc(-c2ccc(C3OC(CN4CCCCC4)CC(c4ccc(CO)cc4)O3)cc2)c1)NO. The maximum Gasteiger partial charge on any atom is 0.243 e. The molecular formula is C36H45N3O6. The first-order chi connectivity index (χ1) is 22.0. The standard InChI is InChI=1S/C36H45N3O6/c40-25-26-11-13-29(14-12-26)33-22-32(24-39-19-4-1-5-20-39)44-36(45-33)30-17-15-28(16-18-30)31-8-6-7-27(21-31)23-37-34(41)9-2-3-10-35(42)38-43/h6-8,11-18,21,32-33,36,40,43H,1-5,9-10,19-20,22-25H2,(H,37,41)(H,38,42). The molecule has 2 fully saturated rings. The first-order valence-corrected chi connectivity index (χ1v) is 16.1. The molecule has 2 saturated heterocycles. The molecule has 240 valence electrons. The van der Waals surface area contributed by atoms with Gasteiger partial charge in [-0.25, -0.2) is 5.48 Å². The zero-order valence-corrected chi connectivity index (χ0v) is 25.8. The predicted molar refractivity (Wildman–Crippen MR) is 171 cm³/mol. The van der Waals surface area contributed by atoms with Crippen LogP contribution in [0.25, 0.3) is 11.1 Å². The van der Waals surface area contributed by atoms with Crippen molar-refractivity contribution >= 4 is 11.8 Å². The summed E-state index contributed by atoms with van der Waals surface area (Å²) in [6.07, 6.45) is 5.68. The highest BCUT2D eigenvalue weighted by Gasteiger charge is 2.33. The molecule has 9 heteroatoms. The Labute approximate surface area is 265 Å². The molecule has 0 aliphatic carbocycles. The third-order valence-corrected chi connectivity index (χ3v) is 8.64. The third-order valence-electron chi connectivity index (χ3n) is 8.64. The number of benzene rings is 3. The van der Waals surface area contributed by atoms with Crippen LogP contribution in [0.4, 0.5) is 0 Å². The van der Waals surface area contributed by atoms with Gasteiger partial charge in [0.25, 0.3) is 0 Å². The van der Waals surface area contributed by atoms with Crippen LogP contribution in [0.3, 0.4) is 0 Å². The molecule has 3 aromatic carbocycles. The van der Waals surface area contributed by atoms with E-state index in [4.69, 9.17) is 14.7 Å². The zero-order valence-electron chi connectivity index (χ0n) is 25.8. The largest absolute Gasteiger partial charge is 0.392 e. The summed E-state index contributed by atoms with van der Waals surface area (Å²) in [5.74, 6) is -0.506. The maximum absolute atomic E-state index is 12.3. The second-order valence-corrected chi connectivity index (χ2v) is 12.1. The van der Waals surface area contributed by atoms with E-state index in [0.29, 0.717) is 25.8 Å². The lowest BCUT2D eigenvalue weighted by Crippen LogP contribution is -2.41. The molecule has 9 nitrogen and oxygen atoms in total. The number of aliphatic hydroxyl groups excluding tert-OH is 1. The molecule has 3 unspecified atom stereocenters. The van der Waals surface area contributed by atoms with Crippen LogP contribution in [0, 0.1) is 0 Å². The molecule has 2 heterocycles. The van der Waals surface area contributed by atoms with Gasteiger partial charge < -0.3 is 24.8 Å². The monoisotopic (exact) mass is 615 g/mol. The summed E-state index contributed by atoms with van der Waals surface area (Å²) in [4.78, 5) is 25.9. The van der Waals surface area contributed by atoms with Crippen molar-refractivity contribution in [3.05, 3.63) is 95.1 Å². The fourth-order valence-electron chi connectivity index (χ4n) is 6.07. The molecule has 2 aliphatic heterocycles.